The number of nitrogens with zero attached hydrogens (tertiary/aromatic N) is 1. The van der Waals surface area contributed by atoms with Gasteiger partial charge in [-0.3, -0.25) is 9.59 Å². The van der Waals surface area contributed by atoms with Crippen molar-refractivity contribution in [2.24, 2.45) is 5.41 Å². The van der Waals surface area contributed by atoms with Gasteiger partial charge in [-0.1, -0.05) is 39.0 Å². The fourth-order valence-corrected chi connectivity index (χ4v) is 3.27. The van der Waals surface area contributed by atoms with Crippen LogP contribution in [0.25, 0.3) is 0 Å². The number of carbonyl (C=O) groups is 2. The van der Waals surface area contributed by atoms with Gasteiger partial charge in [0.1, 0.15) is 5.75 Å². The quantitative estimate of drug-likeness (QED) is 0.741. The van der Waals surface area contributed by atoms with Crippen molar-refractivity contribution in [2.75, 3.05) is 19.7 Å². The van der Waals surface area contributed by atoms with Crippen LogP contribution in [0.3, 0.4) is 0 Å². The second kappa shape index (κ2) is 9.77. The molecule has 5 heteroatoms. The van der Waals surface area contributed by atoms with Crippen molar-refractivity contribution in [3.63, 3.8) is 0 Å². The maximum atomic E-state index is 12.3. The van der Waals surface area contributed by atoms with Crippen molar-refractivity contribution >= 4 is 11.8 Å². The van der Waals surface area contributed by atoms with Crippen molar-refractivity contribution in [1.82, 2.24) is 10.2 Å². The number of carbonyl (C=O) groups excluding carboxylic acids is 2. The first-order chi connectivity index (χ1) is 12.7. The number of ether oxygens (including phenoxy) is 1. The van der Waals surface area contributed by atoms with Crippen LogP contribution in [-0.2, 0) is 9.59 Å². The molecule has 1 heterocycles. The van der Waals surface area contributed by atoms with Gasteiger partial charge >= 0.3 is 0 Å². The van der Waals surface area contributed by atoms with Crippen LogP contribution >= 0.6 is 0 Å². The summed E-state index contributed by atoms with van der Waals surface area (Å²) in [5.74, 6) is 1.17. The smallest absolute Gasteiger partial charge is 0.223 e. The molecule has 0 atom stereocenters. The van der Waals surface area contributed by atoms with E-state index in [0.29, 0.717) is 25.9 Å². The van der Waals surface area contributed by atoms with Crippen LogP contribution in [0.5, 0.6) is 5.75 Å². The summed E-state index contributed by atoms with van der Waals surface area (Å²) in [5, 5.41) is 3.10. The highest BCUT2D eigenvalue weighted by Crippen LogP contribution is 2.22. The Morgan fingerprint density at radius 1 is 1.19 bits per heavy atom. The Labute approximate surface area is 163 Å². The number of amides is 2. The van der Waals surface area contributed by atoms with E-state index in [-0.39, 0.29) is 23.3 Å². The largest absolute Gasteiger partial charge is 0.493 e. The van der Waals surface area contributed by atoms with Gasteiger partial charge in [-0.2, -0.15) is 0 Å². The lowest BCUT2D eigenvalue weighted by Crippen LogP contribution is -2.47. The topological polar surface area (TPSA) is 58.6 Å². The first-order valence-corrected chi connectivity index (χ1v) is 10.0. The normalized spacial score (nSPS) is 15.5. The zero-order chi connectivity index (χ0) is 19.9. The number of hydrogen-bond donors (Lipinski definition) is 1. The fraction of sp³-hybridized carbons (Fsp3) is 0.636. The third-order valence-electron chi connectivity index (χ3n) is 4.79. The van der Waals surface area contributed by atoms with Crippen LogP contribution in [0.15, 0.2) is 24.3 Å². The molecule has 1 fully saturated rings. The molecule has 1 aromatic carbocycles. The molecule has 0 unspecified atom stereocenters. The second-order valence-electron chi connectivity index (χ2n) is 8.68. The predicted octanol–water partition coefficient (Wildman–Crippen LogP) is 3.70. The molecule has 0 spiro atoms. The minimum atomic E-state index is 0.0164. The van der Waals surface area contributed by atoms with E-state index < -0.39 is 0 Å². The summed E-state index contributed by atoms with van der Waals surface area (Å²) in [6.45, 7) is 10.3. The highest BCUT2D eigenvalue weighted by atomic mass is 16.5. The standard InChI is InChI=1S/C22H34N2O3/c1-17-8-5-6-9-19(17)27-15-7-10-20(25)23-18-11-13-24(14-12-18)21(26)16-22(2,3)4/h5-6,8-9,18H,7,10-16H2,1-4H3,(H,23,25). The SMILES string of the molecule is Cc1ccccc1OCCCC(=O)NC1CCN(C(=O)CC(C)(C)C)CC1. The van der Waals surface area contributed by atoms with Crippen molar-refractivity contribution < 1.29 is 14.3 Å². The Balaban J connectivity index is 1.62. The Hall–Kier alpha value is -2.04. The molecule has 150 valence electrons. The molecule has 0 bridgehead atoms. The monoisotopic (exact) mass is 374 g/mol. The Bertz CT molecular complexity index is 629. The number of nitrogens with one attached hydrogen (secondary N) is 1. The molecular weight excluding hydrogens is 340 g/mol. The molecule has 1 aliphatic heterocycles. The minimum absolute atomic E-state index is 0.0164. The average molecular weight is 375 g/mol. The van der Waals surface area contributed by atoms with Crippen molar-refractivity contribution in [3.05, 3.63) is 29.8 Å². The van der Waals surface area contributed by atoms with Gasteiger partial charge in [0, 0.05) is 32.0 Å². The van der Waals surface area contributed by atoms with Gasteiger partial charge < -0.3 is 15.0 Å². The van der Waals surface area contributed by atoms with E-state index in [1.54, 1.807) is 0 Å². The summed E-state index contributed by atoms with van der Waals surface area (Å²) in [5.41, 5.74) is 1.12. The summed E-state index contributed by atoms with van der Waals surface area (Å²) in [7, 11) is 0. The summed E-state index contributed by atoms with van der Waals surface area (Å²) < 4.78 is 5.73. The first-order valence-electron chi connectivity index (χ1n) is 10.0. The molecule has 2 rings (SSSR count). The Morgan fingerprint density at radius 3 is 2.48 bits per heavy atom. The van der Waals surface area contributed by atoms with Crippen LogP contribution < -0.4 is 10.1 Å². The molecule has 5 nitrogen and oxygen atoms in total. The molecule has 1 aliphatic rings. The van der Waals surface area contributed by atoms with E-state index in [4.69, 9.17) is 4.74 Å². The van der Waals surface area contributed by atoms with Crippen molar-refractivity contribution in [3.8, 4) is 5.75 Å². The molecule has 0 aromatic heterocycles. The number of hydrogen-bond acceptors (Lipinski definition) is 3. The molecule has 0 radical (unpaired) electrons. The predicted molar refractivity (Wildman–Crippen MR) is 108 cm³/mol. The Morgan fingerprint density at radius 2 is 1.85 bits per heavy atom. The second-order valence-corrected chi connectivity index (χ2v) is 8.68. The first kappa shape index (κ1) is 21.3. The number of para-hydroxylation sites is 1. The maximum Gasteiger partial charge on any atom is 0.223 e. The lowest BCUT2D eigenvalue weighted by molar-refractivity contribution is -0.134. The molecule has 1 aromatic rings. The van der Waals surface area contributed by atoms with Gasteiger partial charge in [-0.05, 0) is 43.2 Å². The van der Waals surface area contributed by atoms with Crippen molar-refractivity contribution in [2.45, 2.75) is 65.8 Å². The Kier molecular flexibility index (Phi) is 7.69. The summed E-state index contributed by atoms with van der Waals surface area (Å²) in [6, 6.07) is 8.07. The van der Waals surface area contributed by atoms with Crippen LogP contribution in [0.1, 0.15) is 58.4 Å². The molecule has 0 saturated carbocycles. The van der Waals surface area contributed by atoms with E-state index in [0.717, 1.165) is 37.2 Å². The number of aryl methyl sites for hydroxylation is 1. The fourth-order valence-electron chi connectivity index (χ4n) is 3.27. The number of piperidine rings is 1. The highest BCUT2D eigenvalue weighted by Gasteiger charge is 2.26. The van der Waals surface area contributed by atoms with Crippen LogP contribution in [0.4, 0.5) is 0 Å². The lowest BCUT2D eigenvalue weighted by atomic mass is 9.91. The average Bonchev–Trinajstić information content (AvgIpc) is 2.59. The number of likely N-dealkylation sites (tertiary alicyclic amines) is 1. The van der Waals surface area contributed by atoms with E-state index in [1.807, 2.05) is 36.1 Å². The third-order valence-corrected chi connectivity index (χ3v) is 4.79. The minimum Gasteiger partial charge on any atom is -0.493 e. The maximum absolute atomic E-state index is 12.3. The molecule has 27 heavy (non-hydrogen) atoms. The number of benzene rings is 1. The van der Waals surface area contributed by atoms with Gasteiger partial charge in [-0.15, -0.1) is 0 Å². The summed E-state index contributed by atoms with van der Waals surface area (Å²) >= 11 is 0. The number of rotatable bonds is 7. The van der Waals surface area contributed by atoms with E-state index >= 15 is 0 Å². The summed E-state index contributed by atoms with van der Waals surface area (Å²) in [6.07, 6.45) is 3.41. The van der Waals surface area contributed by atoms with E-state index in [1.165, 1.54) is 0 Å². The van der Waals surface area contributed by atoms with Crippen LogP contribution in [0.2, 0.25) is 0 Å². The van der Waals surface area contributed by atoms with E-state index in [2.05, 4.69) is 26.1 Å². The lowest BCUT2D eigenvalue weighted by Gasteiger charge is -2.34. The molecule has 2 amide bonds. The van der Waals surface area contributed by atoms with Gasteiger partial charge in [-0.25, -0.2) is 0 Å². The molecule has 0 aliphatic carbocycles. The van der Waals surface area contributed by atoms with Crippen LogP contribution in [0, 0.1) is 12.3 Å². The van der Waals surface area contributed by atoms with Crippen LogP contribution in [-0.4, -0.2) is 42.5 Å². The zero-order valence-electron chi connectivity index (χ0n) is 17.2. The van der Waals surface area contributed by atoms with Crippen molar-refractivity contribution in [1.29, 1.82) is 0 Å². The summed E-state index contributed by atoms with van der Waals surface area (Å²) in [4.78, 5) is 26.4. The van der Waals surface area contributed by atoms with Gasteiger partial charge in [0.05, 0.1) is 6.61 Å². The zero-order valence-corrected chi connectivity index (χ0v) is 17.2. The van der Waals surface area contributed by atoms with E-state index in [9.17, 15) is 9.59 Å². The molecule has 1 N–H and O–H groups in total. The van der Waals surface area contributed by atoms with Gasteiger partial charge in [0.15, 0.2) is 0 Å². The third kappa shape index (κ3) is 7.61. The molecule has 1 saturated heterocycles. The highest BCUT2D eigenvalue weighted by molar-refractivity contribution is 5.77. The van der Waals surface area contributed by atoms with Gasteiger partial charge in [0.25, 0.3) is 0 Å². The molecular formula is C22H34N2O3. The van der Waals surface area contributed by atoms with Gasteiger partial charge in [0.2, 0.25) is 11.8 Å².